The van der Waals surface area contributed by atoms with Crippen LogP contribution in [-0.4, -0.2) is 30.3 Å². The van der Waals surface area contributed by atoms with E-state index in [1.807, 2.05) is 37.3 Å². The van der Waals surface area contributed by atoms with Crippen molar-refractivity contribution in [3.63, 3.8) is 0 Å². The zero-order valence-corrected chi connectivity index (χ0v) is 14.7. The van der Waals surface area contributed by atoms with Crippen molar-refractivity contribution >= 4 is 17.5 Å². The summed E-state index contributed by atoms with van der Waals surface area (Å²) in [5, 5.41) is 0. The molecule has 136 valence electrons. The van der Waals surface area contributed by atoms with Gasteiger partial charge in [0.1, 0.15) is 11.6 Å². The van der Waals surface area contributed by atoms with E-state index < -0.39 is 23.5 Å². The third kappa shape index (κ3) is 3.45. The van der Waals surface area contributed by atoms with Gasteiger partial charge >= 0.3 is 0 Å². The highest BCUT2D eigenvalue weighted by atomic mass is 19.1. The summed E-state index contributed by atoms with van der Waals surface area (Å²) in [6.07, 6.45) is 0.0667. The molecule has 1 fully saturated rings. The third-order valence-corrected chi connectivity index (χ3v) is 4.86. The minimum absolute atomic E-state index is 0.0667. The molecule has 0 aromatic heterocycles. The van der Waals surface area contributed by atoms with E-state index in [1.165, 1.54) is 7.05 Å². The molecule has 1 aliphatic rings. The topological polar surface area (TPSA) is 40.6 Å². The highest BCUT2D eigenvalue weighted by Crippen LogP contribution is 2.30. The average Bonchev–Trinajstić information content (AvgIpc) is 3.04. The number of benzene rings is 2. The number of likely N-dealkylation sites (tertiary alicyclic amines) is 1. The van der Waals surface area contributed by atoms with Gasteiger partial charge in [-0.3, -0.25) is 9.59 Å². The van der Waals surface area contributed by atoms with E-state index in [2.05, 4.69) is 0 Å². The van der Waals surface area contributed by atoms with Gasteiger partial charge in [-0.2, -0.15) is 0 Å². The Bertz CT molecular complexity index is 826. The Balaban J connectivity index is 1.75. The first-order chi connectivity index (χ1) is 12.4. The average molecular weight is 358 g/mol. The summed E-state index contributed by atoms with van der Waals surface area (Å²) in [7, 11) is 1.40. The first-order valence-electron chi connectivity index (χ1n) is 8.45. The SMILES string of the molecule is CC(c1ccccc1)N1CC(C(=O)N(C)c2cc(F)ccc2F)CC1=O. The number of anilines is 1. The highest BCUT2D eigenvalue weighted by molar-refractivity contribution is 5.98. The second-order valence-corrected chi connectivity index (χ2v) is 6.53. The molecule has 0 saturated carbocycles. The summed E-state index contributed by atoms with van der Waals surface area (Å²) in [5.74, 6) is -2.40. The molecular weight excluding hydrogens is 338 g/mol. The maximum absolute atomic E-state index is 13.9. The molecule has 3 rings (SSSR count). The van der Waals surface area contributed by atoms with Crippen LogP contribution in [0.15, 0.2) is 48.5 Å². The zero-order valence-electron chi connectivity index (χ0n) is 14.7. The monoisotopic (exact) mass is 358 g/mol. The van der Waals surface area contributed by atoms with Gasteiger partial charge in [0, 0.05) is 26.1 Å². The smallest absolute Gasteiger partial charge is 0.232 e. The minimum atomic E-state index is -0.680. The molecule has 0 bridgehead atoms. The Hall–Kier alpha value is -2.76. The van der Waals surface area contributed by atoms with Crippen molar-refractivity contribution in [1.82, 2.24) is 4.90 Å². The molecule has 26 heavy (non-hydrogen) atoms. The molecule has 2 amide bonds. The molecule has 4 nitrogen and oxygen atoms in total. The fraction of sp³-hybridized carbons (Fsp3) is 0.300. The quantitative estimate of drug-likeness (QED) is 0.839. The van der Waals surface area contributed by atoms with Crippen LogP contribution in [0.25, 0.3) is 0 Å². The van der Waals surface area contributed by atoms with Crippen molar-refractivity contribution in [3.05, 3.63) is 65.7 Å². The number of rotatable bonds is 4. The molecule has 0 radical (unpaired) electrons. The fourth-order valence-corrected chi connectivity index (χ4v) is 3.32. The molecule has 0 spiro atoms. The van der Waals surface area contributed by atoms with Gasteiger partial charge in [-0.1, -0.05) is 30.3 Å². The van der Waals surface area contributed by atoms with Gasteiger partial charge < -0.3 is 9.80 Å². The summed E-state index contributed by atoms with van der Waals surface area (Å²) in [5.41, 5.74) is 0.857. The van der Waals surface area contributed by atoms with E-state index in [0.29, 0.717) is 0 Å². The number of carbonyl (C=O) groups is 2. The molecule has 6 heteroatoms. The van der Waals surface area contributed by atoms with E-state index in [-0.39, 0.29) is 30.6 Å². The largest absolute Gasteiger partial charge is 0.335 e. The van der Waals surface area contributed by atoms with Crippen LogP contribution in [0.5, 0.6) is 0 Å². The van der Waals surface area contributed by atoms with Gasteiger partial charge in [-0.25, -0.2) is 8.78 Å². The Morgan fingerprint density at radius 3 is 2.58 bits per heavy atom. The minimum Gasteiger partial charge on any atom is -0.335 e. The van der Waals surface area contributed by atoms with Crippen LogP contribution < -0.4 is 4.90 Å². The van der Waals surface area contributed by atoms with Crippen LogP contribution in [0.1, 0.15) is 24.9 Å². The molecule has 1 aliphatic heterocycles. The first kappa shape index (κ1) is 18.0. The van der Waals surface area contributed by atoms with Crippen molar-refractivity contribution < 1.29 is 18.4 Å². The summed E-state index contributed by atoms with van der Waals surface area (Å²) in [6.45, 7) is 2.17. The molecule has 0 aliphatic carbocycles. The predicted octanol–water partition coefficient (Wildman–Crippen LogP) is 3.54. The van der Waals surface area contributed by atoms with E-state index in [0.717, 1.165) is 28.7 Å². The molecule has 2 unspecified atom stereocenters. The van der Waals surface area contributed by atoms with E-state index >= 15 is 0 Å². The first-order valence-corrected chi connectivity index (χ1v) is 8.45. The number of amides is 2. The number of hydrogen-bond acceptors (Lipinski definition) is 2. The van der Waals surface area contributed by atoms with Gasteiger partial charge in [0.05, 0.1) is 17.6 Å². The van der Waals surface area contributed by atoms with Crippen molar-refractivity contribution in [2.24, 2.45) is 5.92 Å². The molecular formula is C20H20F2N2O2. The van der Waals surface area contributed by atoms with Crippen LogP contribution in [-0.2, 0) is 9.59 Å². The van der Waals surface area contributed by atoms with Crippen molar-refractivity contribution in [1.29, 1.82) is 0 Å². The Labute approximate surface area is 151 Å². The molecule has 2 aromatic rings. The third-order valence-electron chi connectivity index (χ3n) is 4.86. The summed E-state index contributed by atoms with van der Waals surface area (Å²) in [6, 6.07) is 12.4. The molecule has 2 atom stereocenters. The number of carbonyl (C=O) groups excluding carboxylic acids is 2. The van der Waals surface area contributed by atoms with Crippen LogP contribution in [0.4, 0.5) is 14.5 Å². The van der Waals surface area contributed by atoms with Crippen LogP contribution in [0.2, 0.25) is 0 Å². The lowest BCUT2D eigenvalue weighted by Crippen LogP contribution is -2.35. The zero-order chi connectivity index (χ0) is 18.8. The number of nitrogens with zero attached hydrogens (tertiary/aromatic N) is 2. The molecule has 1 saturated heterocycles. The standard InChI is InChI=1S/C20H20F2N2O2/c1-13(14-6-4-3-5-7-14)24-12-15(10-19(24)25)20(26)23(2)18-11-16(21)8-9-17(18)22/h3-9,11,13,15H,10,12H2,1-2H3. The Kier molecular flexibility index (Phi) is 5.02. The lowest BCUT2D eigenvalue weighted by Gasteiger charge is -2.26. The summed E-state index contributed by atoms with van der Waals surface area (Å²) >= 11 is 0. The molecule has 2 aromatic carbocycles. The normalized spacial score (nSPS) is 18.1. The van der Waals surface area contributed by atoms with Gasteiger partial charge in [0.2, 0.25) is 11.8 Å². The van der Waals surface area contributed by atoms with Gasteiger partial charge in [0.15, 0.2) is 0 Å². The maximum atomic E-state index is 13.9. The van der Waals surface area contributed by atoms with Gasteiger partial charge in [-0.15, -0.1) is 0 Å². The van der Waals surface area contributed by atoms with Crippen molar-refractivity contribution in [3.8, 4) is 0 Å². The Morgan fingerprint density at radius 1 is 1.19 bits per heavy atom. The molecule has 0 N–H and O–H groups in total. The van der Waals surface area contributed by atoms with E-state index in [9.17, 15) is 18.4 Å². The summed E-state index contributed by atoms with van der Waals surface area (Å²) < 4.78 is 27.3. The molecule has 1 heterocycles. The van der Waals surface area contributed by atoms with Crippen LogP contribution >= 0.6 is 0 Å². The van der Waals surface area contributed by atoms with E-state index in [4.69, 9.17) is 0 Å². The van der Waals surface area contributed by atoms with Crippen LogP contribution in [0.3, 0.4) is 0 Å². The lowest BCUT2D eigenvalue weighted by atomic mass is 10.1. The number of hydrogen-bond donors (Lipinski definition) is 0. The second kappa shape index (κ2) is 7.23. The van der Waals surface area contributed by atoms with Gasteiger partial charge in [-0.05, 0) is 24.6 Å². The Morgan fingerprint density at radius 2 is 1.88 bits per heavy atom. The van der Waals surface area contributed by atoms with E-state index in [1.54, 1.807) is 4.90 Å². The fourth-order valence-electron chi connectivity index (χ4n) is 3.32. The van der Waals surface area contributed by atoms with Gasteiger partial charge in [0.25, 0.3) is 0 Å². The second-order valence-electron chi connectivity index (χ2n) is 6.53. The van der Waals surface area contributed by atoms with Crippen molar-refractivity contribution in [2.45, 2.75) is 19.4 Å². The van der Waals surface area contributed by atoms with Crippen LogP contribution in [0, 0.1) is 17.6 Å². The predicted molar refractivity (Wildman–Crippen MR) is 94.4 cm³/mol. The summed E-state index contributed by atoms with van der Waals surface area (Å²) in [4.78, 5) is 27.9. The lowest BCUT2D eigenvalue weighted by molar-refractivity contribution is -0.130. The van der Waals surface area contributed by atoms with Crippen molar-refractivity contribution in [2.75, 3.05) is 18.5 Å². The number of halogens is 2. The maximum Gasteiger partial charge on any atom is 0.232 e. The highest BCUT2D eigenvalue weighted by Gasteiger charge is 2.38.